The Labute approximate surface area is 90.2 Å². The Hall–Kier alpha value is -1.59. The molecule has 15 heavy (non-hydrogen) atoms. The molecule has 2 heteroatoms. The van der Waals surface area contributed by atoms with E-state index in [1.165, 1.54) is 6.21 Å². The molecule has 2 nitrogen and oxygen atoms in total. The lowest BCUT2D eigenvalue weighted by atomic mass is 10.1. The van der Waals surface area contributed by atoms with Gasteiger partial charge in [-0.1, -0.05) is 30.9 Å². The molecule has 2 rings (SSSR count). The highest BCUT2D eigenvalue weighted by Crippen LogP contribution is 2.19. The van der Waals surface area contributed by atoms with E-state index in [9.17, 15) is 0 Å². The Kier molecular flexibility index (Phi) is 2.57. The Balaban J connectivity index is 2.20. The van der Waals surface area contributed by atoms with Crippen LogP contribution in [0.15, 0.2) is 24.3 Å². The minimum Gasteiger partial charge on any atom is -0.308 e. The molecule has 1 aliphatic rings. The van der Waals surface area contributed by atoms with Gasteiger partial charge < -0.3 is 5.41 Å². The smallest absolute Gasteiger partial charge is 0.0929 e. The van der Waals surface area contributed by atoms with Crippen LogP contribution >= 0.6 is 0 Å². The van der Waals surface area contributed by atoms with Crippen LogP contribution in [0.25, 0.3) is 0 Å². The summed E-state index contributed by atoms with van der Waals surface area (Å²) >= 11 is 0. The molecular weight excluding hydrogens is 184 g/mol. The number of rotatable bonds is 2. The van der Waals surface area contributed by atoms with Crippen LogP contribution in [0, 0.1) is 17.3 Å². The van der Waals surface area contributed by atoms with Crippen LogP contribution in [-0.4, -0.2) is 18.3 Å². The first-order valence-electron chi connectivity index (χ1n) is 5.17. The molecule has 1 heterocycles. The lowest BCUT2D eigenvalue weighted by Gasteiger charge is -1.98. The fourth-order valence-corrected chi connectivity index (χ4v) is 1.43. The largest absolute Gasteiger partial charge is 0.308 e. The van der Waals surface area contributed by atoms with Crippen LogP contribution in [-0.2, 0) is 0 Å². The Morgan fingerprint density at radius 3 is 3.00 bits per heavy atom. The van der Waals surface area contributed by atoms with Crippen molar-refractivity contribution in [3.8, 4) is 11.8 Å². The fourth-order valence-electron chi connectivity index (χ4n) is 1.43. The van der Waals surface area contributed by atoms with Gasteiger partial charge in [-0.25, -0.2) is 0 Å². The zero-order valence-corrected chi connectivity index (χ0v) is 8.80. The van der Waals surface area contributed by atoms with E-state index < -0.39 is 0 Å². The van der Waals surface area contributed by atoms with Gasteiger partial charge in [-0.15, -0.1) is 0 Å². The molecule has 0 bridgehead atoms. The topological polar surface area (TPSA) is 45.8 Å². The Bertz CT molecular complexity index is 433. The van der Waals surface area contributed by atoms with Gasteiger partial charge in [0.25, 0.3) is 0 Å². The summed E-state index contributed by atoms with van der Waals surface area (Å²) in [5, 5.41) is 10.4. The summed E-state index contributed by atoms with van der Waals surface area (Å²) in [6.45, 7) is 3.14. The van der Waals surface area contributed by atoms with Crippen molar-refractivity contribution in [2.75, 3.05) is 6.54 Å². The summed E-state index contributed by atoms with van der Waals surface area (Å²) in [5.74, 6) is 6.41. The minimum absolute atomic E-state index is 0.0701. The number of hydrogen-bond acceptors (Lipinski definition) is 2. The third kappa shape index (κ3) is 2.26. The van der Waals surface area contributed by atoms with Gasteiger partial charge in [-0.2, -0.15) is 0 Å². The first-order chi connectivity index (χ1) is 7.28. The molecule has 1 aromatic carbocycles. The summed E-state index contributed by atoms with van der Waals surface area (Å²) < 4.78 is 0. The molecule has 1 aromatic rings. The van der Waals surface area contributed by atoms with Gasteiger partial charge in [-0.05, 0) is 24.1 Å². The third-order valence-electron chi connectivity index (χ3n) is 2.71. The van der Waals surface area contributed by atoms with E-state index in [1.807, 2.05) is 24.3 Å². The summed E-state index contributed by atoms with van der Waals surface area (Å²) in [5.41, 5.74) is 1.95. The van der Waals surface area contributed by atoms with Crippen molar-refractivity contribution in [3.05, 3.63) is 35.4 Å². The van der Waals surface area contributed by atoms with E-state index in [2.05, 4.69) is 24.1 Å². The van der Waals surface area contributed by atoms with Crippen molar-refractivity contribution < 1.29 is 0 Å². The average molecular weight is 198 g/mol. The predicted molar refractivity (Wildman–Crippen MR) is 62.2 cm³/mol. The number of nitrogens with one attached hydrogen (secondary N) is 2. The molecule has 76 valence electrons. The van der Waals surface area contributed by atoms with Gasteiger partial charge in [0.1, 0.15) is 0 Å². The van der Waals surface area contributed by atoms with Crippen LogP contribution in [0.1, 0.15) is 24.5 Å². The highest BCUT2D eigenvalue weighted by atomic mass is 15.1. The normalized spacial score (nSPS) is 22.7. The quantitative estimate of drug-likeness (QED) is 0.425. The molecule has 0 aliphatic carbocycles. The summed E-state index contributed by atoms with van der Waals surface area (Å²) in [6.07, 6.45) is 2.39. The molecule has 0 amide bonds. The maximum absolute atomic E-state index is 7.16. The van der Waals surface area contributed by atoms with Crippen LogP contribution in [0.5, 0.6) is 0 Å². The molecule has 2 N–H and O–H groups in total. The summed E-state index contributed by atoms with van der Waals surface area (Å²) in [6, 6.07) is 7.75. The maximum atomic E-state index is 7.16. The second-order valence-electron chi connectivity index (χ2n) is 3.81. The third-order valence-corrected chi connectivity index (χ3v) is 2.71. The fraction of sp³-hybridized carbons (Fsp3) is 0.308. The molecule has 1 fully saturated rings. The summed E-state index contributed by atoms with van der Waals surface area (Å²) in [4.78, 5) is 0. The second kappa shape index (κ2) is 3.88. The molecule has 0 spiro atoms. The van der Waals surface area contributed by atoms with E-state index >= 15 is 0 Å². The first kappa shape index (κ1) is 9.95. The van der Waals surface area contributed by atoms with Crippen molar-refractivity contribution in [3.63, 3.8) is 0 Å². The SMILES string of the molecule is CCC1(C#Cc2cccc(C=N)c2)CN1. The zero-order valence-electron chi connectivity index (χ0n) is 8.80. The molecule has 0 aromatic heterocycles. The monoisotopic (exact) mass is 198 g/mol. The van der Waals surface area contributed by atoms with Gasteiger partial charge in [0, 0.05) is 18.3 Å². The van der Waals surface area contributed by atoms with Crippen molar-refractivity contribution in [1.29, 1.82) is 5.41 Å². The summed E-state index contributed by atoms with van der Waals surface area (Å²) in [7, 11) is 0. The number of benzene rings is 1. The predicted octanol–water partition coefficient (Wildman–Crippen LogP) is 1.79. The van der Waals surface area contributed by atoms with E-state index in [1.54, 1.807) is 0 Å². The molecule has 1 saturated heterocycles. The van der Waals surface area contributed by atoms with Gasteiger partial charge >= 0.3 is 0 Å². The van der Waals surface area contributed by atoms with Crippen LogP contribution in [0.4, 0.5) is 0 Å². The van der Waals surface area contributed by atoms with Gasteiger partial charge in [0.05, 0.1) is 5.54 Å². The minimum atomic E-state index is 0.0701. The van der Waals surface area contributed by atoms with Crippen LogP contribution in [0.2, 0.25) is 0 Å². The van der Waals surface area contributed by atoms with E-state index in [0.29, 0.717) is 0 Å². The highest BCUT2D eigenvalue weighted by molar-refractivity contribution is 5.77. The van der Waals surface area contributed by atoms with Crippen molar-refractivity contribution in [2.45, 2.75) is 18.9 Å². The molecule has 0 saturated carbocycles. The molecule has 0 radical (unpaired) electrons. The molecule has 1 atom stereocenters. The van der Waals surface area contributed by atoms with Gasteiger partial charge in [0.2, 0.25) is 0 Å². The van der Waals surface area contributed by atoms with E-state index in [0.717, 1.165) is 24.1 Å². The Morgan fingerprint density at radius 1 is 1.60 bits per heavy atom. The van der Waals surface area contributed by atoms with Crippen molar-refractivity contribution in [2.24, 2.45) is 0 Å². The van der Waals surface area contributed by atoms with Crippen LogP contribution in [0.3, 0.4) is 0 Å². The van der Waals surface area contributed by atoms with Gasteiger partial charge in [0.15, 0.2) is 0 Å². The second-order valence-corrected chi connectivity index (χ2v) is 3.81. The molecule has 1 unspecified atom stereocenters. The van der Waals surface area contributed by atoms with Crippen molar-refractivity contribution in [1.82, 2.24) is 5.32 Å². The zero-order chi connectivity index (χ0) is 10.7. The average Bonchev–Trinajstić information content (AvgIpc) is 3.07. The Morgan fingerprint density at radius 2 is 2.40 bits per heavy atom. The maximum Gasteiger partial charge on any atom is 0.0929 e. The number of hydrogen-bond donors (Lipinski definition) is 2. The lowest BCUT2D eigenvalue weighted by molar-refractivity contribution is 0.764. The van der Waals surface area contributed by atoms with E-state index in [-0.39, 0.29) is 5.54 Å². The van der Waals surface area contributed by atoms with Crippen molar-refractivity contribution >= 4 is 6.21 Å². The standard InChI is InChI=1S/C13H14N2/c1-2-13(10-15-13)7-6-11-4-3-5-12(8-11)9-14/h3-5,8-9,14-15H,2,10H2,1H3. The first-order valence-corrected chi connectivity index (χ1v) is 5.17. The lowest BCUT2D eigenvalue weighted by Crippen LogP contribution is -2.09. The van der Waals surface area contributed by atoms with Crippen LogP contribution < -0.4 is 5.32 Å². The molecular formula is C13H14N2. The highest BCUT2D eigenvalue weighted by Gasteiger charge is 2.37. The van der Waals surface area contributed by atoms with E-state index in [4.69, 9.17) is 5.41 Å². The van der Waals surface area contributed by atoms with Gasteiger partial charge in [-0.3, -0.25) is 5.32 Å². The molecule has 1 aliphatic heterocycles.